The number of rotatable bonds is 3. The second-order valence-corrected chi connectivity index (χ2v) is 4.51. The fourth-order valence-electron chi connectivity index (χ4n) is 1.88. The third-order valence-corrected chi connectivity index (χ3v) is 3.19. The maximum atomic E-state index is 5.92. The molecule has 0 amide bonds. The predicted molar refractivity (Wildman–Crippen MR) is 72.1 cm³/mol. The molecule has 0 saturated heterocycles. The standard InChI is InChI=1S/C13H16ClN3/c1-3-6-17-9(2)11(8-16-17)10-4-5-12(14)13(15)7-10/h4-5,7-8H,3,6,15H2,1-2H3. The van der Waals surface area contributed by atoms with E-state index in [1.165, 1.54) is 0 Å². The van der Waals surface area contributed by atoms with Crippen LogP contribution in [0.25, 0.3) is 11.1 Å². The van der Waals surface area contributed by atoms with Crippen molar-refractivity contribution in [1.29, 1.82) is 0 Å². The lowest BCUT2D eigenvalue weighted by molar-refractivity contribution is 0.587. The molecule has 0 aliphatic carbocycles. The van der Waals surface area contributed by atoms with Gasteiger partial charge < -0.3 is 5.73 Å². The van der Waals surface area contributed by atoms with Crippen LogP contribution < -0.4 is 5.73 Å². The molecule has 1 heterocycles. The lowest BCUT2D eigenvalue weighted by Crippen LogP contribution is -2.00. The molecule has 0 atom stereocenters. The van der Waals surface area contributed by atoms with Gasteiger partial charge in [-0.1, -0.05) is 24.6 Å². The Labute approximate surface area is 106 Å². The lowest BCUT2D eigenvalue weighted by atomic mass is 10.1. The van der Waals surface area contributed by atoms with E-state index in [9.17, 15) is 0 Å². The molecule has 1 aromatic carbocycles. The molecule has 4 heteroatoms. The van der Waals surface area contributed by atoms with Crippen molar-refractivity contribution in [2.45, 2.75) is 26.8 Å². The summed E-state index contributed by atoms with van der Waals surface area (Å²) < 4.78 is 2.01. The summed E-state index contributed by atoms with van der Waals surface area (Å²) in [5.74, 6) is 0. The highest BCUT2D eigenvalue weighted by Crippen LogP contribution is 2.28. The molecule has 90 valence electrons. The first kappa shape index (κ1) is 12.0. The van der Waals surface area contributed by atoms with Crippen LogP contribution in [0.2, 0.25) is 5.02 Å². The lowest BCUT2D eigenvalue weighted by Gasteiger charge is -2.05. The van der Waals surface area contributed by atoms with Crippen LogP contribution in [-0.2, 0) is 6.54 Å². The molecule has 0 aliphatic heterocycles. The zero-order valence-corrected chi connectivity index (χ0v) is 10.8. The van der Waals surface area contributed by atoms with E-state index in [-0.39, 0.29) is 0 Å². The van der Waals surface area contributed by atoms with Crippen LogP contribution in [0.3, 0.4) is 0 Å². The van der Waals surface area contributed by atoms with Gasteiger partial charge in [-0.15, -0.1) is 0 Å². The maximum absolute atomic E-state index is 5.92. The Kier molecular flexibility index (Phi) is 3.38. The Morgan fingerprint density at radius 1 is 1.41 bits per heavy atom. The van der Waals surface area contributed by atoms with Crippen LogP contribution in [0.5, 0.6) is 0 Å². The molecule has 0 unspecified atom stereocenters. The summed E-state index contributed by atoms with van der Waals surface area (Å²) >= 11 is 5.92. The summed E-state index contributed by atoms with van der Waals surface area (Å²) in [5.41, 5.74) is 9.75. The molecular weight excluding hydrogens is 234 g/mol. The number of hydrogen-bond donors (Lipinski definition) is 1. The molecule has 17 heavy (non-hydrogen) atoms. The Morgan fingerprint density at radius 3 is 2.82 bits per heavy atom. The Morgan fingerprint density at radius 2 is 2.18 bits per heavy atom. The zero-order chi connectivity index (χ0) is 12.4. The average Bonchev–Trinajstić information content (AvgIpc) is 2.66. The van der Waals surface area contributed by atoms with Gasteiger partial charge in [-0.2, -0.15) is 5.10 Å². The van der Waals surface area contributed by atoms with E-state index >= 15 is 0 Å². The summed E-state index contributed by atoms with van der Waals surface area (Å²) in [4.78, 5) is 0. The van der Waals surface area contributed by atoms with Gasteiger partial charge in [0.05, 0.1) is 16.9 Å². The number of benzene rings is 1. The number of nitrogens with zero attached hydrogens (tertiary/aromatic N) is 2. The SMILES string of the molecule is CCCn1ncc(-c2ccc(Cl)c(N)c2)c1C. The topological polar surface area (TPSA) is 43.8 Å². The van der Waals surface area contributed by atoms with Crippen molar-refractivity contribution in [2.75, 3.05) is 5.73 Å². The van der Waals surface area contributed by atoms with Gasteiger partial charge in [-0.05, 0) is 31.0 Å². The summed E-state index contributed by atoms with van der Waals surface area (Å²) in [6, 6.07) is 5.68. The highest BCUT2D eigenvalue weighted by Gasteiger charge is 2.09. The highest BCUT2D eigenvalue weighted by molar-refractivity contribution is 6.33. The molecule has 0 aliphatic rings. The van der Waals surface area contributed by atoms with Gasteiger partial charge >= 0.3 is 0 Å². The molecule has 2 N–H and O–H groups in total. The Bertz CT molecular complexity index is 531. The van der Waals surface area contributed by atoms with E-state index in [2.05, 4.69) is 18.9 Å². The molecular formula is C13H16ClN3. The molecule has 1 aromatic heterocycles. The summed E-state index contributed by atoms with van der Waals surface area (Å²) in [7, 11) is 0. The van der Waals surface area contributed by atoms with E-state index in [0.717, 1.165) is 29.8 Å². The Hall–Kier alpha value is -1.48. The second kappa shape index (κ2) is 4.80. The van der Waals surface area contributed by atoms with Crippen LogP contribution in [-0.4, -0.2) is 9.78 Å². The van der Waals surface area contributed by atoms with E-state index in [0.29, 0.717) is 10.7 Å². The largest absolute Gasteiger partial charge is 0.398 e. The van der Waals surface area contributed by atoms with Gasteiger partial charge in [0.15, 0.2) is 0 Å². The van der Waals surface area contributed by atoms with Crippen LogP contribution >= 0.6 is 11.6 Å². The molecule has 0 bridgehead atoms. The maximum Gasteiger partial charge on any atom is 0.0635 e. The number of hydrogen-bond acceptors (Lipinski definition) is 2. The van der Waals surface area contributed by atoms with Crippen molar-refractivity contribution >= 4 is 17.3 Å². The quantitative estimate of drug-likeness (QED) is 0.846. The Balaban J connectivity index is 2.42. The van der Waals surface area contributed by atoms with Crippen molar-refractivity contribution in [1.82, 2.24) is 9.78 Å². The van der Waals surface area contributed by atoms with E-state index in [1.54, 1.807) is 0 Å². The van der Waals surface area contributed by atoms with E-state index < -0.39 is 0 Å². The smallest absolute Gasteiger partial charge is 0.0635 e. The monoisotopic (exact) mass is 249 g/mol. The first-order chi connectivity index (χ1) is 8.13. The number of halogens is 1. The minimum absolute atomic E-state index is 0.590. The van der Waals surface area contributed by atoms with Gasteiger partial charge in [0.2, 0.25) is 0 Å². The van der Waals surface area contributed by atoms with E-state index in [4.69, 9.17) is 17.3 Å². The van der Waals surface area contributed by atoms with Crippen molar-refractivity contribution < 1.29 is 0 Å². The van der Waals surface area contributed by atoms with Gasteiger partial charge in [0, 0.05) is 17.8 Å². The summed E-state index contributed by atoms with van der Waals surface area (Å²) in [6.45, 7) is 5.15. The molecule has 2 rings (SSSR count). The fraction of sp³-hybridized carbons (Fsp3) is 0.308. The van der Waals surface area contributed by atoms with Gasteiger partial charge in [-0.3, -0.25) is 4.68 Å². The van der Waals surface area contributed by atoms with Crippen LogP contribution in [0.1, 0.15) is 19.0 Å². The predicted octanol–water partition coefficient (Wildman–Crippen LogP) is 3.50. The number of nitrogens with two attached hydrogens (primary N) is 1. The third-order valence-electron chi connectivity index (χ3n) is 2.85. The second-order valence-electron chi connectivity index (χ2n) is 4.10. The van der Waals surface area contributed by atoms with Crippen molar-refractivity contribution in [3.05, 3.63) is 35.1 Å². The van der Waals surface area contributed by atoms with Crippen molar-refractivity contribution in [2.24, 2.45) is 0 Å². The molecule has 0 saturated carbocycles. The summed E-state index contributed by atoms with van der Waals surface area (Å²) in [5, 5.41) is 4.97. The van der Waals surface area contributed by atoms with Gasteiger partial charge in [0.1, 0.15) is 0 Å². The number of nitrogen functional groups attached to an aromatic ring is 1. The minimum Gasteiger partial charge on any atom is -0.398 e. The number of aromatic nitrogens is 2. The molecule has 0 fully saturated rings. The number of aryl methyl sites for hydroxylation is 1. The van der Waals surface area contributed by atoms with Gasteiger partial charge in [0.25, 0.3) is 0 Å². The highest BCUT2D eigenvalue weighted by atomic mass is 35.5. The average molecular weight is 250 g/mol. The fourth-order valence-corrected chi connectivity index (χ4v) is 2.00. The normalized spacial score (nSPS) is 10.8. The first-order valence-electron chi connectivity index (χ1n) is 5.71. The minimum atomic E-state index is 0.590. The van der Waals surface area contributed by atoms with Gasteiger partial charge in [-0.25, -0.2) is 0 Å². The zero-order valence-electron chi connectivity index (χ0n) is 10.1. The van der Waals surface area contributed by atoms with E-state index in [1.807, 2.05) is 29.1 Å². The van der Waals surface area contributed by atoms with Crippen LogP contribution in [0.15, 0.2) is 24.4 Å². The summed E-state index contributed by atoms with van der Waals surface area (Å²) in [6.07, 6.45) is 2.96. The van der Waals surface area contributed by atoms with Crippen LogP contribution in [0.4, 0.5) is 5.69 Å². The number of anilines is 1. The third kappa shape index (κ3) is 2.29. The van der Waals surface area contributed by atoms with Crippen LogP contribution in [0, 0.1) is 6.92 Å². The molecule has 0 radical (unpaired) electrons. The van der Waals surface area contributed by atoms with Crippen molar-refractivity contribution in [3.8, 4) is 11.1 Å². The molecule has 2 aromatic rings. The van der Waals surface area contributed by atoms with Crippen molar-refractivity contribution in [3.63, 3.8) is 0 Å². The molecule has 3 nitrogen and oxygen atoms in total. The first-order valence-corrected chi connectivity index (χ1v) is 6.09. The molecule has 0 spiro atoms.